The summed E-state index contributed by atoms with van der Waals surface area (Å²) in [6, 6.07) is 0. The number of hydrogen-bond donors (Lipinski definition) is 1. The van der Waals surface area contributed by atoms with E-state index in [0.29, 0.717) is 16.7 Å². The number of carbonyl (C=O) groups is 1. The minimum Gasteiger partial charge on any atom is -0.355 e. The normalized spacial score (nSPS) is 44.0. The molecule has 33 heavy (non-hydrogen) atoms. The van der Waals surface area contributed by atoms with Crippen molar-refractivity contribution in [1.82, 2.24) is 10.2 Å². The molecule has 8 atom stereocenters. The van der Waals surface area contributed by atoms with Crippen LogP contribution in [0.25, 0.3) is 0 Å². The van der Waals surface area contributed by atoms with Gasteiger partial charge in [0.15, 0.2) is 0 Å². The van der Waals surface area contributed by atoms with Crippen LogP contribution in [0, 0.1) is 46.3 Å². The SMILES string of the molecule is CC(CCC(=O)NCCN1CCCC1)[C@H]1CC[C@H]2[C@@H]3CCC4CCCC[C@]4(C)[C@H]3CC[C@]12C. The molecule has 0 radical (unpaired) electrons. The summed E-state index contributed by atoms with van der Waals surface area (Å²) < 4.78 is 0. The van der Waals surface area contributed by atoms with Gasteiger partial charge in [-0.2, -0.15) is 0 Å². The predicted molar refractivity (Wildman–Crippen MR) is 137 cm³/mol. The summed E-state index contributed by atoms with van der Waals surface area (Å²) in [6.45, 7) is 12.2. The van der Waals surface area contributed by atoms with Crippen molar-refractivity contribution >= 4 is 5.91 Å². The molecule has 0 bridgehead atoms. The van der Waals surface area contributed by atoms with Crippen LogP contribution in [0.3, 0.4) is 0 Å². The molecule has 0 aromatic carbocycles. The van der Waals surface area contributed by atoms with Crippen LogP contribution >= 0.6 is 0 Å². The van der Waals surface area contributed by atoms with E-state index in [1.165, 1.54) is 90.1 Å². The van der Waals surface area contributed by atoms with Crippen LogP contribution in [-0.4, -0.2) is 37.0 Å². The van der Waals surface area contributed by atoms with Crippen LogP contribution in [0.1, 0.15) is 111 Å². The van der Waals surface area contributed by atoms with Crippen molar-refractivity contribution in [1.29, 1.82) is 0 Å². The Bertz CT molecular complexity index is 687. The first kappa shape index (κ1) is 24.1. The molecule has 1 heterocycles. The Morgan fingerprint density at radius 1 is 0.909 bits per heavy atom. The quantitative estimate of drug-likeness (QED) is 0.464. The van der Waals surface area contributed by atoms with Gasteiger partial charge in [-0.05, 0) is 130 Å². The van der Waals surface area contributed by atoms with E-state index >= 15 is 0 Å². The minimum absolute atomic E-state index is 0.285. The molecular weight excluding hydrogens is 404 g/mol. The van der Waals surface area contributed by atoms with Gasteiger partial charge in [0.2, 0.25) is 5.91 Å². The zero-order valence-corrected chi connectivity index (χ0v) is 22.0. The summed E-state index contributed by atoms with van der Waals surface area (Å²) in [7, 11) is 0. The van der Waals surface area contributed by atoms with Crippen LogP contribution in [0.15, 0.2) is 0 Å². The molecule has 3 heteroatoms. The lowest BCUT2D eigenvalue weighted by Crippen LogP contribution is -2.53. The molecule has 3 nitrogen and oxygen atoms in total. The van der Waals surface area contributed by atoms with E-state index in [0.717, 1.165) is 55.5 Å². The van der Waals surface area contributed by atoms with Gasteiger partial charge in [0.25, 0.3) is 0 Å². The average molecular weight is 457 g/mol. The number of likely N-dealkylation sites (tertiary alicyclic amines) is 1. The third-order valence-electron chi connectivity index (χ3n) is 12.1. The highest BCUT2D eigenvalue weighted by molar-refractivity contribution is 5.75. The Balaban J connectivity index is 1.14. The summed E-state index contributed by atoms with van der Waals surface area (Å²) in [5, 5.41) is 3.21. The summed E-state index contributed by atoms with van der Waals surface area (Å²) in [5.41, 5.74) is 1.18. The van der Waals surface area contributed by atoms with Gasteiger partial charge in [0.05, 0.1) is 0 Å². The molecule has 0 aromatic rings. The van der Waals surface area contributed by atoms with Gasteiger partial charge >= 0.3 is 0 Å². The molecule has 5 fully saturated rings. The lowest BCUT2D eigenvalue weighted by atomic mass is 9.44. The Kier molecular flexibility index (Phi) is 7.19. The van der Waals surface area contributed by atoms with Crippen LogP contribution in [0.4, 0.5) is 0 Å². The van der Waals surface area contributed by atoms with E-state index in [9.17, 15) is 4.79 Å². The standard InChI is InChI=1S/C30H52N2O/c1-22(9-14-28(33)31-18-21-32-19-6-7-20-32)25-12-13-26-24-11-10-23-8-4-5-16-29(23,2)27(24)15-17-30(25,26)3/h22-27H,4-21H2,1-3H3,(H,31,33)/t22?,23?,24-,25+,26-,27-,29-,30+/m0/s1. The third-order valence-corrected chi connectivity index (χ3v) is 12.1. The highest BCUT2D eigenvalue weighted by Crippen LogP contribution is 2.68. The number of nitrogens with one attached hydrogen (secondary N) is 1. The van der Waals surface area contributed by atoms with E-state index in [-0.39, 0.29) is 5.91 Å². The fourth-order valence-electron chi connectivity index (χ4n) is 10.3. The van der Waals surface area contributed by atoms with Crippen molar-refractivity contribution in [3.8, 4) is 0 Å². The maximum Gasteiger partial charge on any atom is 0.220 e. The Morgan fingerprint density at radius 3 is 2.52 bits per heavy atom. The van der Waals surface area contributed by atoms with Gasteiger partial charge in [-0.15, -0.1) is 0 Å². The van der Waals surface area contributed by atoms with Crippen molar-refractivity contribution in [2.75, 3.05) is 26.2 Å². The van der Waals surface area contributed by atoms with Crippen LogP contribution < -0.4 is 5.32 Å². The Hall–Kier alpha value is -0.570. The van der Waals surface area contributed by atoms with Gasteiger partial charge in [0, 0.05) is 19.5 Å². The van der Waals surface area contributed by atoms with Gasteiger partial charge in [-0.3, -0.25) is 4.79 Å². The van der Waals surface area contributed by atoms with Gasteiger partial charge in [-0.25, -0.2) is 0 Å². The monoisotopic (exact) mass is 456 g/mol. The van der Waals surface area contributed by atoms with E-state index in [4.69, 9.17) is 0 Å². The molecule has 1 aliphatic heterocycles. The predicted octanol–water partition coefficient (Wildman–Crippen LogP) is 6.66. The van der Waals surface area contributed by atoms with Gasteiger partial charge in [0.1, 0.15) is 0 Å². The van der Waals surface area contributed by atoms with Crippen molar-refractivity contribution in [3.63, 3.8) is 0 Å². The van der Waals surface area contributed by atoms with E-state index < -0.39 is 0 Å². The largest absolute Gasteiger partial charge is 0.355 e. The summed E-state index contributed by atoms with van der Waals surface area (Å²) in [5.74, 6) is 5.78. The smallest absolute Gasteiger partial charge is 0.220 e. The lowest BCUT2D eigenvalue weighted by molar-refractivity contribution is -0.122. The number of rotatable bonds is 7. The van der Waals surface area contributed by atoms with Gasteiger partial charge < -0.3 is 10.2 Å². The first-order valence-corrected chi connectivity index (χ1v) is 14.9. The zero-order chi connectivity index (χ0) is 23.1. The number of carbonyl (C=O) groups excluding carboxylic acids is 1. The molecule has 0 spiro atoms. The minimum atomic E-state index is 0.285. The Morgan fingerprint density at radius 2 is 1.70 bits per heavy atom. The Labute approximate surface area is 204 Å². The van der Waals surface area contributed by atoms with Crippen LogP contribution in [0.2, 0.25) is 0 Å². The van der Waals surface area contributed by atoms with Crippen molar-refractivity contribution in [2.45, 2.75) is 111 Å². The second-order valence-electron chi connectivity index (χ2n) is 13.5. The molecule has 4 aliphatic carbocycles. The second-order valence-corrected chi connectivity index (χ2v) is 13.5. The topological polar surface area (TPSA) is 32.3 Å². The molecule has 188 valence electrons. The first-order valence-electron chi connectivity index (χ1n) is 14.9. The molecule has 1 N–H and O–H groups in total. The molecular formula is C30H52N2O. The molecule has 2 unspecified atom stereocenters. The highest BCUT2D eigenvalue weighted by atomic mass is 16.1. The maximum absolute atomic E-state index is 12.5. The number of hydrogen-bond acceptors (Lipinski definition) is 2. The van der Waals surface area contributed by atoms with Crippen molar-refractivity contribution < 1.29 is 4.79 Å². The number of fused-ring (bicyclic) bond motifs is 5. The van der Waals surface area contributed by atoms with Crippen molar-refractivity contribution in [2.24, 2.45) is 46.3 Å². The molecule has 0 aromatic heterocycles. The highest BCUT2D eigenvalue weighted by Gasteiger charge is 2.60. The fourth-order valence-corrected chi connectivity index (χ4v) is 10.3. The molecule has 4 saturated carbocycles. The van der Waals surface area contributed by atoms with Crippen LogP contribution in [-0.2, 0) is 4.79 Å². The molecule has 5 aliphatic rings. The first-order chi connectivity index (χ1) is 15.9. The van der Waals surface area contributed by atoms with E-state index in [1.54, 1.807) is 0 Å². The summed E-state index contributed by atoms with van der Waals surface area (Å²) in [4.78, 5) is 15.0. The third kappa shape index (κ3) is 4.54. The molecule has 1 amide bonds. The zero-order valence-electron chi connectivity index (χ0n) is 22.0. The van der Waals surface area contributed by atoms with Crippen LogP contribution in [0.5, 0.6) is 0 Å². The molecule has 5 rings (SSSR count). The maximum atomic E-state index is 12.5. The summed E-state index contributed by atoms with van der Waals surface area (Å²) >= 11 is 0. The number of nitrogens with zero attached hydrogens (tertiary/aromatic N) is 1. The van der Waals surface area contributed by atoms with Gasteiger partial charge in [-0.1, -0.05) is 33.6 Å². The summed E-state index contributed by atoms with van der Waals surface area (Å²) in [6.07, 6.45) is 19.3. The average Bonchev–Trinajstić information content (AvgIpc) is 3.44. The fraction of sp³-hybridized carbons (Fsp3) is 0.967. The molecule has 1 saturated heterocycles. The van der Waals surface area contributed by atoms with E-state index in [2.05, 4.69) is 31.0 Å². The lowest BCUT2D eigenvalue weighted by Gasteiger charge is -2.61. The van der Waals surface area contributed by atoms with E-state index in [1.807, 2.05) is 0 Å². The number of amides is 1. The second kappa shape index (κ2) is 9.82. The van der Waals surface area contributed by atoms with Crippen molar-refractivity contribution in [3.05, 3.63) is 0 Å².